The minimum absolute atomic E-state index is 0.0722. The Morgan fingerprint density at radius 3 is 2.88 bits per heavy atom. The molecule has 3 heteroatoms. The van der Waals surface area contributed by atoms with Crippen molar-refractivity contribution in [2.45, 2.75) is 12.5 Å². The highest BCUT2D eigenvalue weighted by Gasteiger charge is 2.12. The van der Waals surface area contributed by atoms with E-state index in [9.17, 15) is 0 Å². The van der Waals surface area contributed by atoms with Gasteiger partial charge in [0.25, 0.3) is 0 Å². The van der Waals surface area contributed by atoms with Crippen LogP contribution in [-0.2, 0) is 6.42 Å². The molecule has 2 aromatic heterocycles. The monoisotopic (exact) mass is 243 g/mol. The van der Waals surface area contributed by atoms with Crippen molar-refractivity contribution >= 4 is 22.3 Å². The fraction of sp³-hybridized carbons (Fsp3) is 0.143. The maximum atomic E-state index is 6.16. The number of hydrogen-bond donors (Lipinski definition) is 1. The Labute approximate surface area is 104 Å². The molecule has 2 N–H and O–H groups in total. The van der Waals surface area contributed by atoms with Crippen LogP contribution in [0.2, 0.25) is 0 Å². The van der Waals surface area contributed by atoms with Crippen molar-refractivity contribution in [3.63, 3.8) is 0 Å². The van der Waals surface area contributed by atoms with Gasteiger partial charge < -0.3 is 10.2 Å². The number of para-hydroxylation sites is 1. The highest BCUT2D eigenvalue weighted by atomic mass is 32.1. The molecule has 17 heavy (non-hydrogen) atoms. The highest BCUT2D eigenvalue weighted by molar-refractivity contribution is 7.07. The predicted octanol–water partition coefficient (Wildman–Crippen LogP) is 3.74. The van der Waals surface area contributed by atoms with Gasteiger partial charge in [0, 0.05) is 5.39 Å². The van der Waals surface area contributed by atoms with Crippen LogP contribution in [0.15, 0.2) is 51.6 Å². The summed E-state index contributed by atoms with van der Waals surface area (Å²) in [6.45, 7) is 0. The van der Waals surface area contributed by atoms with Gasteiger partial charge in [-0.1, -0.05) is 18.2 Å². The van der Waals surface area contributed by atoms with Crippen LogP contribution in [0, 0.1) is 0 Å². The summed E-state index contributed by atoms with van der Waals surface area (Å²) in [5.41, 5.74) is 8.33. The Morgan fingerprint density at radius 2 is 2.12 bits per heavy atom. The van der Waals surface area contributed by atoms with Gasteiger partial charge >= 0.3 is 0 Å². The van der Waals surface area contributed by atoms with Gasteiger partial charge in [-0.05, 0) is 40.9 Å². The van der Waals surface area contributed by atoms with Gasteiger partial charge in [-0.2, -0.15) is 11.3 Å². The zero-order chi connectivity index (χ0) is 11.7. The summed E-state index contributed by atoms with van der Waals surface area (Å²) in [4.78, 5) is 0. The van der Waals surface area contributed by atoms with Crippen LogP contribution in [0.1, 0.15) is 17.4 Å². The maximum absolute atomic E-state index is 6.16. The quantitative estimate of drug-likeness (QED) is 0.761. The van der Waals surface area contributed by atoms with Crippen molar-refractivity contribution in [3.8, 4) is 0 Å². The number of nitrogens with two attached hydrogens (primary N) is 1. The van der Waals surface area contributed by atoms with Gasteiger partial charge in [0.2, 0.25) is 0 Å². The normalized spacial score (nSPS) is 13.0. The molecule has 0 spiro atoms. The smallest absolute Gasteiger partial charge is 0.134 e. The largest absolute Gasteiger partial charge is 0.459 e. The number of hydrogen-bond acceptors (Lipinski definition) is 3. The minimum atomic E-state index is -0.0722. The van der Waals surface area contributed by atoms with Gasteiger partial charge in [-0.25, -0.2) is 0 Å². The lowest BCUT2D eigenvalue weighted by molar-refractivity contribution is 0.494. The Morgan fingerprint density at radius 1 is 1.24 bits per heavy atom. The summed E-state index contributed by atoms with van der Waals surface area (Å²) in [7, 11) is 0. The summed E-state index contributed by atoms with van der Waals surface area (Å²) in [6, 6.07) is 12.1. The van der Waals surface area contributed by atoms with Gasteiger partial charge in [-0.15, -0.1) is 0 Å². The van der Waals surface area contributed by atoms with Crippen LogP contribution in [0.5, 0.6) is 0 Å². The zero-order valence-corrected chi connectivity index (χ0v) is 10.1. The molecule has 3 rings (SSSR count). The van der Waals surface area contributed by atoms with Crippen LogP contribution in [0.3, 0.4) is 0 Å². The van der Waals surface area contributed by atoms with Gasteiger partial charge in [0.05, 0.1) is 6.04 Å². The Hall–Kier alpha value is -1.58. The fourth-order valence-corrected chi connectivity index (χ4v) is 2.63. The molecule has 0 saturated heterocycles. The van der Waals surface area contributed by atoms with E-state index in [0.29, 0.717) is 0 Å². The topological polar surface area (TPSA) is 39.2 Å². The molecule has 3 aromatic rings. The molecule has 0 fully saturated rings. The first-order chi connectivity index (χ1) is 8.33. The van der Waals surface area contributed by atoms with E-state index in [1.807, 2.05) is 30.3 Å². The molecule has 2 heterocycles. The minimum Gasteiger partial charge on any atom is -0.459 e. The molecule has 0 saturated carbocycles. The van der Waals surface area contributed by atoms with E-state index in [4.69, 9.17) is 10.2 Å². The lowest BCUT2D eigenvalue weighted by Gasteiger charge is -2.06. The highest BCUT2D eigenvalue weighted by Crippen LogP contribution is 2.25. The third kappa shape index (κ3) is 2.12. The van der Waals surface area contributed by atoms with Crippen LogP contribution < -0.4 is 5.73 Å². The van der Waals surface area contributed by atoms with Crippen molar-refractivity contribution in [3.05, 3.63) is 58.5 Å². The molecule has 2 nitrogen and oxygen atoms in total. The van der Waals surface area contributed by atoms with E-state index in [1.165, 1.54) is 5.56 Å². The number of rotatable bonds is 3. The second-order valence-electron chi connectivity index (χ2n) is 4.13. The number of benzene rings is 1. The Balaban J connectivity index is 1.88. The van der Waals surface area contributed by atoms with Crippen LogP contribution in [-0.4, -0.2) is 0 Å². The van der Waals surface area contributed by atoms with Crippen LogP contribution >= 0.6 is 11.3 Å². The van der Waals surface area contributed by atoms with Crippen molar-refractivity contribution in [2.24, 2.45) is 5.73 Å². The number of thiophene rings is 1. The van der Waals surface area contributed by atoms with E-state index in [0.717, 1.165) is 23.2 Å². The second-order valence-corrected chi connectivity index (χ2v) is 4.91. The Bertz CT molecular complexity index is 579. The van der Waals surface area contributed by atoms with Crippen LogP contribution in [0.4, 0.5) is 0 Å². The third-order valence-corrected chi connectivity index (χ3v) is 3.58. The van der Waals surface area contributed by atoms with Crippen molar-refractivity contribution in [1.29, 1.82) is 0 Å². The average Bonchev–Trinajstić information content (AvgIpc) is 2.96. The lowest BCUT2D eigenvalue weighted by atomic mass is 10.1. The zero-order valence-electron chi connectivity index (χ0n) is 9.30. The maximum Gasteiger partial charge on any atom is 0.134 e. The van der Waals surface area contributed by atoms with Crippen molar-refractivity contribution in [2.75, 3.05) is 0 Å². The van der Waals surface area contributed by atoms with Crippen molar-refractivity contribution < 1.29 is 4.42 Å². The van der Waals surface area contributed by atoms with E-state index >= 15 is 0 Å². The van der Waals surface area contributed by atoms with Crippen LogP contribution in [0.25, 0.3) is 11.0 Å². The first-order valence-electron chi connectivity index (χ1n) is 5.58. The Kier molecular flexibility index (Phi) is 2.71. The molecule has 1 unspecified atom stereocenters. The van der Waals surface area contributed by atoms with Gasteiger partial charge in [0.1, 0.15) is 11.3 Å². The van der Waals surface area contributed by atoms with Gasteiger partial charge in [-0.3, -0.25) is 0 Å². The molecule has 1 atom stereocenters. The second kappa shape index (κ2) is 4.35. The van der Waals surface area contributed by atoms with Crippen molar-refractivity contribution in [1.82, 2.24) is 0 Å². The molecule has 0 bridgehead atoms. The summed E-state index contributed by atoms with van der Waals surface area (Å²) in [5.74, 6) is 0.859. The number of fused-ring (bicyclic) bond motifs is 1. The summed E-state index contributed by atoms with van der Waals surface area (Å²) in [6.07, 6.45) is 0.823. The molecule has 0 aliphatic rings. The van der Waals surface area contributed by atoms with E-state index in [-0.39, 0.29) is 6.04 Å². The average molecular weight is 243 g/mol. The first-order valence-corrected chi connectivity index (χ1v) is 6.52. The number of furan rings is 1. The SMILES string of the molecule is NC(Cc1ccsc1)c1cc2ccccc2o1. The molecule has 0 aliphatic heterocycles. The molecule has 1 aromatic carbocycles. The van der Waals surface area contributed by atoms with E-state index in [1.54, 1.807) is 11.3 Å². The van der Waals surface area contributed by atoms with E-state index in [2.05, 4.69) is 16.8 Å². The molecule has 0 radical (unpaired) electrons. The summed E-state index contributed by atoms with van der Waals surface area (Å²) >= 11 is 1.70. The summed E-state index contributed by atoms with van der Waals surface area (Å²) in [5, 5.41) is 5.31. The van der Waals surface area contributed by atoms with Gasteiger partial charge in [0.15, 0.2) is 0 Å². The molecule has 0 aliphatic carbocycles. The fourth-order valence-electron chi connectivity index (χ4n) is 1.95. The lowest BCUT2D eigenvalue weighted by Crippen LogP contribution is -2.11. The third-order valence-electron chi connectivity index (χ3n) is 2.85. The standard InChI is InChI=1S/C14H13NOS/c15-12(7-10-5-6-17-9-10)14-8-11-3-1-2-4-13(11)16-14/h1-6,8-9,12H,7,15H2. The summed E-state index contributed by atoms with van der Waals surface area (Å²) < 4.78 is 5.76. The first kappa shape index (κ1) is 10.6. The molecular formula is C14H13NOS. The molecule has 0 amide bonds. The predicted molar refractivity (Wildman–Crippen MR) is 71.2 cm³/mol. The molecule has 86 valence electrons. The molecular weight excluding hydrogens is 230 g/mol. The van der Waals surface area contributed by atoms with E-state index < -0.39 is 0 Å².